The van der Waals surface area contributed by atoms with E-state index in [0.29, 0.717) is 11.3 Å². The number of benzene rings is 1. The fourth-order valence-corrected chi connectivity index (χ4v) is 2.30. The molecule has 0 fully saturated rings. The third kappa shape index (κ3) is 4.42. The molecule has 2 rings (SSSR count). The van der Waals surface area contributed by atoms with Gasteiger partial charge in [0.15, 0.2) is 6.61 Å². The van der Waals surface area contributed by atoms with Crippen LogP contribution in [0, 0.1) is 3.57 Å². The van der Waals surface area contributed by atoms with Crippen molar-refractivity contribution in [3.63, 3.8) is 0 Å². The molecule has 6 nitrogen and oxygen atoms in total. The van der Waals surface area contributed by atoms with Gasteiger partial charge in [0, 0.05) is 9.77 Å². The molecular formula is C15H13IN2O4. The number of carbonyl (C=O) groups excluding carboxylic acids is 3. The lowest BCUT2D eigenvalue weighted by Crippen LogP contribution is -2.32. The molecule has 1 heterocycles. The molecule has 0 aliphatic rings. The molecule has 0 unspecified atom stereocenters. The van der Waals surface area contributed by atoms with Gasteiger partial charge in [0.25, 0.3) is 5.91 Å². The van der Waals surface area contributed by atoms with Crippen molar-refractivity contribution in [2.45, 2.75) is 0 Å². The highest BCUT2D eigenvalue weighted by Crippen LogP contribution is 2.10. The van der Waals surface area contributed by atoms with E-state index in [1.165, 1.54) is 0 Å². The highest BCUT2D eigenvalue weighted by Gasteiger charge is 2.13. The van der Waals surface area contributed by atoms with Crippen LogP contribution >= 0.6 is 22.6 Å². The van der Waals surface area contributed by atoms with Crippen molar-refractivity contribution in [3.05, 3.63) is 57.4 Å². The Morgan fingerprint density at radius 1 is 1.14 bits per heavy atom. The number of aromatic nitrogens is 1. The number of carbonyl (C=O) groups is 3. The zero-order valence-electron chi connectivity index (χ0n) is 11.5. The van der Waals surface area contributed by atoms with Crippen LogP contribution in [0.2, 0.25) is 0 Å². The molecule has 1 amide bonds. The summed E-state index contributed by atoms with van der Waals surface area (Å²) in [5.74, 6) is -1.36. The van der Waals surface area contributed by atoms with Crippen molar-refractivity contribution < 1.29 is 19.1 Å². The SMILES string of the molecule is O=C(CNC(=O)c1ccccc1I)OCC(=O)c1ccc[nH]1. The molecule has 0 aliphatic carbocycles. The van der Waals surface area contributed by atoms with E-state index in [-0.39, 0.29) is 24.8 Å². The maximum absolute atomic E-state index is 11.9. The number of nitrogens with one attached hydrogen (secondary N) is 2. The van der Waals surface area contributed by atoms with Crippen LogP contribution in [0.3, 0.4) is 0 Å². The lowest BCUT2D eigenvalue weighted by Gasteiger charge is -2.07. The van der Waals surface area contributed by atoms with Gasteiger partial charge < -0.3 is 15.0 Å². The highest BCUT2D eigenvalue weighted by atomic mass is 127. The number of hydrogen-bond donors (Lipinski definition) is 2. The van der Waals surface area contributed by atoms with Gasteiger partial charge in [-0.1, -0.05) is 12.1 Å². The molecule has 0 radical (unpaired) electrons. The number of rotatable bonds is 6. The summed E-state index contributed by atoms with van der Waals surface area (Å²) < 4.78 is 5.60. The van der Waals surface area contributed by atoms with Crippen LogP contribution in [-0.2, 0) is 9.53 Å². The minimum Gasteiger partial charge on any atom is -0.456 e. The Morgan fingerprint density at radius 3 is 2.59 bits per heavy atom. The van der Waals surface area contributed by atoms with Crippen LogP contribution in [0.1, 0.15) is 20.8 Å². The normalized spacial score (nSPS) is 10.0. The average molecular weight is 412 g/mol. The molecule has 0 saturated carbocycles. The Bertz CT molecular complexity index is 683. The van der Waals surface area contributed by atoms with Crippen molar-refractivity contribution in [3.8, 4) is 0 Å². The molecule has 0 bridgehead atoms. The zero-order valence-corrected chi connectivity index (χ0v) is 13.6. The molecule has 0 saturated heterocycles. The van der Waals surface area contributed by atoms with E-state index < -0.39 is 5.97 Å². The van der Waals surface area contributed by atoms with E-state index in [1.54, 1.807) is 36.5 Å². The average Bonchev–Trinajstić information content (AvgIpc) is 3.05. The molecule has 2 aromatic rings. The van der Waals surface area contributed by atoms with Gasteiger partial charge in [-0.15, -0.1) is 0 Å². The molecule has 22 heavy (non-hydrogen) atoms. The smallest absolute Gasteiger partial charge is 0.325 e. The fraction of sp³-hybridized carbons (Fsp3) is 0.133. The molecule has 1 aromatic carbocycles. The first-order chi connectivity index (χ1) is 10.6. The largest absolute Gasteiger partial charge is 0.456 e. The molecule has 2 N–H and O–H groups in total. The third-order valence-corrected chi connectivity index (χ3v) is 3.72. The maximum atomic E-state index is 11.9. The van der Waals surface area contributed by atoms with Crippen molar-refractivity contribution in [2.75, 3.05) is 13.2 Å². The lowest BCUT2D eigenvalue weighted by atomic mass is 10.2. The van der Waals surface area contributed by atoms with Crippen LogP contribution in [0.25, 0.3) is 0 Å². The Hall–Kier alpha value is -2.16. The van der Waals surface area contributed by atoms with E-state index in [2.05, 4.69) is 10.3 Å². The monoisotopic (exact) mass is 412 g/mol. The van der Waals surface area contributed by atoms with Crippen molar-refractivity contribution in [1.29, 1.82) is 0 Å². The molecule has 0 atom stereocenters. The van der Waals surface area contributed by atoms with E-state index in [0.717, 1.165) is 3.57 Å². The van der Waals surface area contributed by atoms with Gasteiger partial charge in [-0.2, -0.15) is 0 Å². The van der Waals surface area contributed by atoms with Gasteiger partial charge in [-0.25, -0.2) is 0 Å². The van der Waals surface area contributed by atoms with Gasteiger partial charge in [-0.3, -0.25) is 14.4 Å². The predicted octanol–water partition coefficient (Wildman–Crippen LogP) is 1.78. The third-order valence-electron chi connectivity index (χ3n) is 2.77. The topological polar surface area (TPSA) is 88.3 Å². The van der Waals surface area contributed by atoms with Crippen LogP contribution in [0.15, 0.2) is 42.6 Å². The van der Waals surface area contributed by atoms with Crippen LogP contribution in [0.5, 0.6) is 0 Å². The van der Waals surface area contributed by atoms with Crippen molar-refractivity contribution in [2.24, 2.45) is 0 Å². The number of esters is 1. The van der Waals surface area contributed by atoms with Crippen molar-refractivity contribution >= 4 is 40.3 Å². The Balaban J connectivity index is 1.77. The summed E-state index contributed by atoms with van der Waals surface area (Å²) in [5, 5.41) is 2.46. The summed E-state index contributed by atoms with van der Waals surface area (Å²) in [4.78, 5) is 37.8. The van der Waals surface area contributed by atoms with Crippen LogP contribution in [0.4, 0.5) is 0 Å². The summed E-state index contributed by atoms with van der Waals surface area (Å²) in [6.45, 7) is -0.653. The molecule has 7 heteroatoms. The van der Waals surface area contributed by atoms with Gasteiger partial charge in [0.05, 0.1) is 11.3 Å². The summed E-state index contributed by atoms with van der Waals surface area (Å²) >= 11 is 2.04. The van der Waals surface area contributed by atoms with E-state index >= 15 is 0 Å². The van der Waals surface area contributed by atoms with Gasteiger partial charge in [0.2, 0.25) is 5.78 Å². The summed E-state index contributed by atoms with van der Waals surface area (Å²) in [6.07, 6.45) is 1.61. The highest BCUT2D eigenvalue weighted by molar-refractivity contribution is 14.1. The van der Waals surface area contributed by atoms with Crippen molar-refractivity contribution in [1.82, 2.24) is 10.3 Å². The number of hydrogen-bond acceptors (Lipinski definition) is 4. The van der Waals surface area contributed by atoms with Gasteiger partial charge in [-0.05, 0) is 46.9 Å². The first kappa shape index (κ1) is 16.2. The summed E-state index contributed by atoms with van der Waals surface area (Å²) in [6, 6.07) is 10.3. The Labute approximate surface area is 140 Å². The standard InChI is InChI=1S/C15H13IN2O4/c16-11-5-2-1-4-10(11)15(21)18-8-14(20)22-9-13(19)12-6-3-7-17-12/h1-7,17H,8-9H2,(H,18,21). The Kier molecular flexibility index (Phi) is 5.70. The van der Waals surface area contributed by atoms with Crippen LogP contribution in [-0.4, -0.2) is 35.8 Å². The quantitative estimate of drug-likeness (QED) is 0.430. The number of ether oxygens (including phenoxy) is 1. The fourth-order valence-electron chi connectivity index (χ4n) is 1.67. The number of aromatic amines is 1. The molecule has 0 aliphatic heterocycles. The maximum Gasteiger partial charge on any atom is 0.325 e. The van der Waals surface area contributed by atoms with Gasteiger partial charge in [0.1, 0.15) is 6.54 Å². The summed E-state index contributed by atoms with van der Waals surface area (Å²) in [7, 11) is 0. The second kappa shape index (κ2) is 7.74. The van der Waals surface area contributed by atoms with E-state index in [4.69, 9.17) is 4.74 Å². The number of Topliss-reactive ketones (excluding diaryl/α,β-unsaturated/α-hetero) is 1. The number of ketones is 1. The van der Waals surface area contributed by atoms with E-state index in [9.17, 15) is 14.4 Å². The number of halogens is 1. The molecule has 0 spiro atoms. The zero-order chi connectivity index (χ0) is 15.9. The number of H-pyrrole nitrogens is 1. The number of amides is 1. The molecule has 1 aromatic heterocycles. The predicted molar refractivity (Wildman–Crippen MR) is 87.6 cm³/mol. The van der Waals surface area contributed by atoms with Gasteiger partial charge >= 0.3 is 5.97 Å². The summed E-state index contributed by atoms with van der Waals surface area (Å²) in [5.41, 5.74) is 0.856. The minimum absolute atomic E-state index is 0.290. The molecule has 114 valence electrons. The molecular weight excluding hydrogens is 399 g/mol. The minimum atomic E-state index is -0.667. The first-order valence-corrected chi connectivity index (χ1v) is 7.50. The Morgan fingerprint density at radius 2 is 1.91 bits per heavy atom. The first-order valence-electron chi connectivity index (χ1n) is 6.43. The second-order valence-corrected chi connectivity index (χ2v) is 5.49. The second-order valence-electron chi connectivity index (χ2n) is 4.33. The lowest BCUT2D eigenvalue weighted by molar-refractivity contribution is -0.141. The van der Waals surface area contributed by atoms with Crippen LogP contribution < -0.4 is 5.32 Å². The van der Waals surface area contributed by atoms with E-state index in [1.807, 2.05) is 28.7 Å².